The molecule has 0 aliphatic heterocycles. The summed E-state index contributed by atoms with van der Waals surface area (Å²) < 4.78 is 199. The Morgan fingerprint density at radius 3 is 1.78 bits per heavy atom. The van der Waals surface area contributed by atoms with Crippen LogP contribution in [0.4, 0.5) is 40.1 Å². The molecule has 35 heteroatoms. The van der Waals surface area contributed by atoms with Gasteiger partial charge in [-0.3, -0.25) is 22.8 Å². The van der Waals surface area contributed by atoms with Crippen LogP contribution in [0, 0.1) is 6.92 Å². The highest BCUT2D eigenvalue weighted by atomic mass is 35.5. The number of nitrogens with two attached hydrogens (primary N) is 1. The molecule has 9 N–H and O–H groups in total. The molecule has 28 nitrogen and oxygen atoms in total. The first-order valence-corrected chi connectivity index (χ1v) is 27.1. The largest absolute Gasteiger partial charge is 0.505 e. The fourth-order valence-corrected chi connectivity index (χ4v) is 10.2. The maximum Gasteiger partial charge on any atom is 0.397 e. The van der Waals surface area contributed by atoms with E-state index in [9.17, 15) is 73.8 Å². The zero-order valence-electron chi connectivity index (χ0n) is 33.9. The molecule has 5 aromatic carbocycles. The van der Waals surface area contributed by atoms with Crippen molar-refractivity contribution in [3.8, 4) is 17.1 Å². The van der Waals surface area contributed by atoms with Gasteiger partial charge in [-0.15, -0.1) is 20.5 Å². The van der Waals surface area contributed by atoms with E-state index >= 15 is 0 Å². The van der Waals surface area contributed by atoms with Crippen molar-refractivity contribution in [1.82, 2.24) is 15.0 Å². The fraction of sp³-hybridized carbons (Fsp3) is 0.0882. The van der Waals surface area contributed by atoms with E-state index in [0.717, 1.165) is 42.5 Å². The summed E-state index contributed by atoms with van der Waals surface area (Å²) in [7, 11) is -30.1. The lowest BCUT2D eigenvalue weighted by Gasteiger charge is -2.14. The molecule has 1 heterocycles. The Labute approximate surface area is 394 Å². The molecule has 0 aliphatic carbocycles. The van der Waals surface area contributed by atoms with Gasteiger partial charge in [0.05, 0.1) is 28.3 Å². The molecule has 0 spiro atoms. The monoisotopic (exact) mass is 1090 g/mol. The molecule has 0 atom stereocenters. The van der Waals surface area contributed by atoms with Crippen LogP contribution in [-0.4, -0.2) is 106 Å². The van der Waals surface area contributed by atoms with Gasteiger partial charge in [0.15, 0.2) is 21.4 Å². The van der Waals surface area contributed by atoms with E-state index in [4.69, 9.17) is 21.9 Å². The number of aromatic nitrogens is 3. The zero-order chi connectivity index (χ0) is 51.2. The molecule has 0 fully saturated rings. The molecular weight excluding hydrogens is 1070 g/mol. The second kappa shape index (κ2) is 18.9. The molecule has 1 aromatic heterocycles. The van der Waals surface area contributed by atoms with Gasteiger partial charge in [0, 0.05) is 11.3 Å². The Morgan fingerprint density at radius 1 is 0.638 bits per heavy atom. The summed E-state index contributed by atoms with van der Waals surface area (Å²) in [6.45, 7) is 0.579. The molecule has 0 radical (unpaired) electrons. The summed E-state index contributed by atoms with van der Waals surface area (Å²) >= 11 is 6.14. The lowest BCUT2D eigenvalue weighted by molar-refractivity contribution is 0.284. The smallest absolute Gasteiger partial charge is 0.397 e. The van der Waals surface area contributed by atoms with Crippen molar-refractivity contribution in [3.05, 3.63) is 83.6 Å². The number of phenolic OH excluding ortho intramolecular Hbond substituents is 1. The van der Waals surface area contributed by atoms with Crippen molar-refractivity contribution in [2.45, 2.75) is 31.4 Å². The van der Waals surface area contributed by atoms with Crippen LogP contribution >= 0.6 is 11.6 Å². The van der Waals surface area contributed by atoms with Gasteiger partial charge in [0.2, 0.25) is 11.2 Å². The second-order valence-corrected chi connectivity index (χ2v) is 22.8. The number of fused-ring (bicyclic) bond motifs is 1. The number of anilines is 3. The van der Waals surface area contributed by atoms with E-state index in [0.29, 0.717) is 17.7 Å². The van der Waals surface area contributed by atoms with Gasteiger partial charge in [-0.2, -0.15) is 57.0 Å². The minimum Gasteiger partial charge on any atom is -0.505 e. The van der Waals surface area contributed by atoms with Crippen molar-refractivity contribution >= 4 is 123 Å². The van der Waals surface area contributed by atoms with Crippen LogP contribution in [0.15, 0.2) is 118 Å². The van der Waals surface area contributed by atoms with E-state index in [1.54, 1.807) is 0 Å². The predicted molar refractivity (Wildman–Crippen MR) is 238 cm³/mol. The van der Waals surface area contributed by atoms with Gasteiger partial charge in [-0.25, -0.2) is 12.6 Å². The summed E-state index contributed by atoms with van der Waals surface area (Å²) in [5, 5.41) is 27.1. The van der Waals surface area contributed by atoms with Crippen LogP contribution in [-0.2, 0) is 64.9 Å². The lowest BCUT2D eigenvalue weighted by Crippen LogP contribution is -2.15. The molecule has 0 saturated carbocycles. The molecule has 6 aromatic rings. The number of benzene rings is 5. The van der Waals surface area contributed by atoms with Crippen molar-refractivity contribution in [2.24, 2.45) is 20.5 Å². The van der Waals surface area contributed by atoms with E-state index in [2.05, 4.69) is 44.9 Å². The Balaban J connectivity index is 1.44. The lowest BCUT2D eigenvalue weighted by atomic mass is 10.1. The van der Waals surface area contributed by atoms with E-state index in [1.807, 2.05) is 0 Å². The summed E-state index contributed by atoms with van der Waals surface area (Å²) in [6.07, 6.45) is 0. The van der Waals surface area contributed by atoms with Crippen LogP contribution in [0.5, 0.6) is 5.75 Å². The number of nitrogens with zero attached hydrogens (tertiary/aromatic N) is 7. The maximum absolute atomic E-state index is 12.7. The van der Waals surface area contributed by atoms with Gasteiger partial charge < -0.3 is 16.2 Å². The first kappa shape index (κ1) is 52.1. The van der Waals surface area contributed by atoms with Crippen LogP contribution in [0.25, 0.3) is 22.2 Å². The fourth-order valence-electron chi connectivity index (χ4n) is 5.95. The van der Waals surface area contributed by atoms with Crippen molar-refractivity contribution < 1.29 is 82.6 Å². The third-order valence-electron chi connectivity index (χ3n) is 8.94. The van der Waals surface area contributed by atoms with E-state index < -0.39 is 143 Å². The topological polar surface area (TPSA) is 462 Å². The minimum atomic E-state index is -5.50. The highest BCUT2D eigenvalue weighted by molar-refractivity contribution is 7.91. The SMILES string of the molecule is Cc1ccc(N=Nc2c(S(=O)(=O)O)cc3cc(S(=O)(=O)O)c(N=Nc4cc(-c5nc(Cl)nc(Nc6ccc(S(=O)(=O)CCOS(=O)(=O)O)cc6)n5)ccc4S(=O)(=O)O)c(O)c3c2N)c(S(=O)(=O)O)c1. The molecule has 366 valence electrons. The quantitative estimate of drug-likeness (QED) is 0.0355. The predicted octanol–water partition coefficient (Wildman–Crippen LogP) is 5.10. The molecule has 0 aliphatic rings. The molecule has 0 unspecified atom stereocenters. The molecular formula is C34H28ClN9O19S6. The van der Waals surface area contributed by atoms with Crippen LogP contribution in [0.3, 0.4) is 0 Å². The first-order chi connectivity index (χ1) is 31.7. The normalized spacial score (nSPS) is 13.1. The summed E-state index contributed by atoms with van der Waals surface area (Å²) in [6, 6.07) is 11.8. The average Bonchev–Trinajstić information content (AvgIpc) is 3.21. The Bertz CT molecular complexity index is 3880. The number of azo groups is 2. The summed E-state index contributed by atoms with van der Waals surface area (Å²) in [4.78, 5) is 7.48. The van der Waals surface area contributed by atoms with Gasteiger partial charge >= 0.3 is 10.4 Å². The van der Waals surface area contributed by atoms with Gasteiger partial charge in [-0.1, -0.05) is 6.07 Å². The first-order valence-electron chi connectivity index (χ1n) is 18.0. The Morgan fingerprint density at radius 2 is 1.20 bits per heavy atom. The molecule has 69 heavy (non-hydrogen) atoms. The van der Waals surface area contributed by atoms with Crippen LogP contribution in [0.1, 0.15) is 5.56 Å². The molecule has 0 bridgehead atoms. The average molecular weight is 1090 g/mol. The number of sulfone groups is 1. The standard InChI is InChI=1S/C34H28ClN9O19S6/c1-16-2-8-21(24(12-16)66(51,52)53)41-43-29-25(67(54,55)56)14-18-15-26(68(57,58)59)30(31(45)27(18)28(29)36)44-42-22-13-17(3-9-23(22)65(48,49)50)32-38-33(35)40-34(39-32)37-19-4-6-20(7-5-19)64(46,47)11-10-63-69(60,61)62/h2-9,12-15,45H,10-11,36H2,1H3,(H,48,49,50)(H,51,52,53)(H,54,55,56)(H,57,58,59)(H,60,61,62)(H,37,38,39,40). The number of hydrogen-bond donors (Lipinski definition) is 8. The van der Waals surface area contributed by atoms with Crippen LogP contribution < -0.4 is 11.1 Å². The second-order valence-electron chi connectivity index (χ2n) is 13.7. The molecule has 0 saturated heterocycles. The van der Waals surface area contributed by atoms with Crippen molar-refractivity contribution in [2.75, 3.05) is 23.4 Å². The number of halogens is 1. The van der Waals surface area contributed by atoms with Gasteiger partial charge in [-0.05, 0) is 96.2 Å². The molecule has 6 rings (SSSR count). The van der Waals surface area contributed by atoms with E-state index in [-0.39, 0.29) is 27.9 Å². The minimum absolute atomic E-state index is 0.153. The maximum atomic E-state index is 12.7. The van der Waals surface area contributed by atoms with E-state index in [1.165, 1.54) is 25.1 Å². The Hall–Kier alpha value is -6.28. The van der Waals surface area contributed by atoms with Crippen molar-refractivity contribution in [3.63, 3.8) is 0 Å². The third kappa shape index (κ3) is 12.3. The summed E-state index contributed by atoms with van der Waals surface area (Å²) in [5.74, 6) is -2.76. The van der Waals surface area contributed by atoms with Crippen LogP contribution in [0.2, 0.25) is 5.28 Å². The number of nitrogen functional groups attached to an aromatic ring is 1. The number of rotatable bonds is 16. The third-order valence-corrected chi connectivity index (χ3v) is 14.8. The molecule has 0 amide bonds. The summed E-state index contributed by atoms with van der Waals surface area (Å²) in [5.41, 5.74) is 2.07. The highest BCUT2D eigenvalue weighted by Gasteiger charge is 2.29. The number of aromatic hydroxyl groups is 1. The van der Waals surface area contributed by atoms with Gasteiger partial charge in [0.25, 0.3) is 40.5 Å². The number of phenols is 1. The van der Waals surface area contributed by atoms with Crippen molar-refractivity contribution in [1.29, 1.82) is 0 Å². The highest BCUT2D eigenvalue weighted by Crippen LogP contribution is 2.49. The number of nitrogens with one attached hydrogen (secondary N) is 1. The zero-order valence-corrected chi connectivity index (χ0v) is 39.5. The number of hydrogen-bond acceptors (Lipinski definition) is 23. The van der Waals surface area contributed by atoms with Gasteiger partial charge in [0.1, 0.15) is 42.3 Å². The Kier molecular flexibility index (Phi) is 14.3. The number of aryl methyl sites for hydroxylation is 1.